The Morgan fingerprint density at radius 2 is 2.08 bits per heavy atom. The lowest BCUT2D eigenvalue weighted by Gasteiger charge is -2.11. The average Bonchev–Trinajstić information content (AvgIpc) is 2.11. The molecule has 3 heteroatoms. The molecule has 12 heavy (non-hydrogen) atoms. The first-order valence-corrected chi connectivity index (χ1v) is 4.76. The summed E-state index contributed by atoms with van der Waals surface area (Å²) in [5, 5.41) is 0. The van der Waals surface area contributed by atoms with Gasteiger partial charge in [-0.3, -0.25) is 10.2 Å². The molecule has 0 spiro atoms. The third-order valence-corrected chi connectivity index (χ3v) is 2.16. The molecule has 0 rings (SSSR count). The van der Waals surface area contributed by atoms with Gasteiger partial charge in [-0.25, -0.2) is 5.84 Å². The highest BCUT2D eigenvalue weighted by atomic mass is 16.2. The van der Waals surface area contributed by atoms with Gasteiger partial charge in [0.05, 0.1) is 0 Å². The number of hydrogen-bond donors (Lipinski definition) is 2. The fraction of sp³-hybridized carbons (Fsp3) is 0.889. The first-order valence-electron chi connectivity index (χ1n) is 4.76. The third kappa shape index (κ3) is 4.34. The van der Waals surface area contributed by atoms with Gasteiger partial charge in [0.1, 0.15) is 0 Å². The van der Waals surface area contributed by atoms with Gasteiger partial charge in [0.25, 0.3) is 0 Å². The predicted octanol–water partition coefficient (Wildman–Crippen LogP) is 1.58. The van der Waals surface area contributed by atoms with Crippen molar-refractivity contribution < 1.29 is 4.79 Å². The zero-order valence-corrected chi connectivity index (χ0v) is 8.10. The maximum atomic E-state index is 11.1. The zero-order valence-electron chi connectivity index (χ0n) is 8.10. The first kappa shape index (κ1) is 11.4. The summed E-state index contributed by atoms with van der Waals surface area (Å²) < 4.78 is 0. The molecule has 0 saturated carbocycles. The zero-order chi connectivity index (χ0) is 9.40. The standard InChI is InChI=1S/C9H20N2O/c1-3-5-6-7-8(4-2)9(12)11-10/h8H,3-7,10H2,1-2H3,(H,11,12). The molecular weight excluding hydrogens is 152 g/mol. The Bertz CT molecular complexity index is 126. The Balaban J connectivity index is 3.60. The number of hydrogen-bond acceptors (Lipinski definition) is 2. The molecule has 0 aromatic carbocycles. The molecule has 0 aliphatic carbocycles. The van der Waals surface area contributed by atoms with Crippen LogP contribution in [0, 0.1) is 5.92 Å². The quantitative estimate of drug-likeness (QED) is 0.276. The molecule has 0 heterocycles. The van der Waals surface area contributed by atoms with E-state index in [-0.39, 0.29) is 11.8 Å². The number of carbonyl (C=O) groups is 1. The molecule has 0 saturated heterocycles. The highest BCUT2D eigenvalue weighted by Gasteiger charge is 2.13. The molecule has 3 nitrogen and oxygen atoms in total. The Morgan fingerprint density at radius 3 is 2.50 bits per heavy atom. The normalized spacial score (nSPS) is 12.6. The molecule has 0 radical (unpaired) electrons. The monoisotopic (exact) mass is 172 g/mol. The maximum absolute atomic E-state index is 11.1. The van der Waals surface area contributed by atoms with Crippen molar-refractivity contribution in [1.82, 2.24) is 5.43 Å². The van der Waals surface area contributed by atoms with Crippen molar-refractivity contribution in [3.05, 3.63) is 0 Å². The van der Waals surface area contributed by atoms with Gasteiger partial charge in [-0.05, 0) is 12.8 Å². The molecule has 0 aliphatic heterocycles. The molecule has 0 aromatic heterocycles. The number of rotatable bonds is 6. The Kier molecular flexibility index (Phi) is 6.76. The molecule has 1 unspecified atom stereocenters. The molecular formula is C9H20N2O. The third-order valence-electron chi connectivity index (χ3n) is 2.16. The van der Waals surface area contributed by atoms with Gasteiger partial charge in [0.2, 0.25) is 5.91 Å². The number of carbonyl (C=O) groups excluding carboxylic acids is 1. The van der Waals surface area contributed by atoms with Crippen LogP contribution < -0.4 is 11.3 Å². The van der Waals surface area contributed by atoms with E-state index in [0.29, 0.717) is 0 Å². The topological polar surface area (TPSA) is 55.1 Å². The number of hydrazine groups is 1. The lowest BCUT2D eigenvalue weighted by molar-refractivity contribution is -0.125. The van der Waals surface area contributed by atoms with Crippen LogP contribution in [0.25, 0.3) is 0 Å². The number of unbranched alkanes of at least 4 members (excludes halogenated alkanes) is 2. The van der Waals surface area contributed by atoms with E-state index in [1.165, 1.54) is 12.8 Å². The van der Waals surface area contributed by atoms with E-state index in [1.54, 1.807) is 0 Å². The van der Waals surface area contributed by atoms with Crippen molar-refractivity contribution in [3.63, 3.8) is 0 Å². The van der Waals surface area contributed by atoms with Crippen molar-refractivity contribution in [3.8, 4) is 0 Å². The van der Waals surface area contributed by atoms with Crippen LogP contribution in [0.5, 0.6) is 0 Å². The maximum Gasteiger partial charge on any atom is 0.236 e. The van der Waals surface area contributed by atoms with Crippen LogP contribution in [0.1, 0.15) is 46.0 Å². The van der Waals surface area contributed by atoms with Crippen LogP contribution >= 0.6 is 0 Å². The van der Waals surface area contributed by atoms with Gasteiger partial charge in [0.15, 0.2) is 0 Å². The molecule has 3 N–H and O–H groups in total. The lowest BCUT2D eigenvalue weighted by atomic mass is 9.98. The number of nitrogens with two attached hydrogens (primary N) is 1. The van der Waals surface area contributed by atoms with Gasteiger partial charge >= 0.3 is 0 Å². The van der Waals surface area contributed by atoms with E-state index in [1.807, 2.05) is 6.92 Å². The molecule has 0 aliphatic rings. The highest BCUT2D eigenvalue weighted by molar-refractivity contribution is 5.77. The van der Waals surface area contributed by atoms with Crippen LogP contribution in [0.3, 0.4) is 0 Å². The summed E-state index contributed by atoms with van der Waals surface area (Å²) in [5.74, 6) is 5.15. The molecule has 0 aromatic rings. The van der Waals surface area contributed by atoms with Crippen LogP contribution in [0.4, 0.5) is 0 Å². The van der Waals surface area contributed by atoms with E-state index >= 15 is 0 Å². The lowest BCUT2D eigenvalue weighted by Crippen LogP contribution is -2.35. The van der Waals surface area contributed by atoms with Crippen molar-refractivity contribution in [2.24, 2.45) is 11.8 Å². The van der Waals surface area contributed by atoms with Gasteiger partial charge in [-0.2, -0.15) is 0 Å². The second-order valence-corrected chi connectivity index (χ2v) is 3.11. The van der Waals surface area contributed by atoms with Crippen LogP contribution in [0.2, 0.25) is 0 Å². The van der Waals surface area contributed by atoms with Gasteiger partial charge in [0, 0.05) is 5.92 Å². The first-order chi connectivity index (χ1) is 5.76. The summed E-state index contributed by atoms with van der Waals surface area (Å²) in [6, 6.07) is 0. The smallest absolute Gasteiger partial charge is 0.236 e. The van der Waals surface area contributed by atoms with Crippen molar-refractivity contribution in [1.29, 1.82) is 0 Å². The Morgan fingerprint density at radius 1 is 1.42 bits per heavy atom. The molecule has 1 atom stereocenters. The summed E-state index contributed by atoms with van der Waals surface area (Å²) in [5.41, 5.74) is 2.20. The van der Waals surface area contributed by atoms with Crippen molar-refractivity contribution in [2.75, 3.05) is 0 Å². The van der Waals surface area contributed by atoms with Crippen molar-refractivity contribution >= 4 is 5.91 Å². The summed E-state index contributed by atoms with van der Waals surface area (Å²) >= 11 is 0. The fourth-order valence-electron chi connectivity index (χ4n) is 1.28. The number of amides is 1. The fourth-order valence-corrected chi connectivity index (χ4v) is 1.28. The molecule has 1 amide bonds. The average molecular weight is 172 g/mol. The molecule has 0 bridgehead atoms. The minimum Gasteiger partial charge on any atom is -0.294 e. The molecule has 72 valence electrons. The van der Waals surface area contributed by atoms with E-state index in [2.05, 4.69) is 12.3 Å². The summed E-state index contributed by atoms with van der Waals surface area (Å²) in [4.78, 5) is 11.1. The summed E-state index contributed by atoms with van der Waals surface area (Å²) in [7, 11) is 0. The van der Waals surface area contributed by atoms with Gasteiger partial charge < -0.3 is 0 Å². The van der Waals surface area contributed by atoms with E-state index in [9.17, 15) is 4.79 Å². The van der Waals surface area contributed by atoms with Crippen LogP contribution in [-0.4, -0.2) is 5.91 Å². The molecule has 0 fully saturated rings. The van der Waals surface area contributed by atoms with Crippen molar-refractivity contribution in [2.45, 2.75) is 46.0 Å². The predicted molar refractivity (Wildman–Crippen MR) is 50.3 cm³/mol. The Labute approximate surface area is 74.7 Å². The minimum atomic E-state index is -0.0198. The van der Waals surface area contributed by atoms with E-state index in [0.717, 1.165) is 19.3 Å². The second kappa shape index (κ2) is 7.10. The van der Waals surface area contributed by atoms with E-state index < -0.39 is 0 Å². The van der Waals surface area contributed by atoms with Crippen LogP contribution in [-0.2, 0) is 4.79 Å². The van der Waals surface area contributed by atoms with Crippen LogP contribution in [0.15, 0.2) is 0 Å². The minimum absolute atomic E-state index is 0.0198. The summed E-state index contributed by atoms with van der Waals surface area (Å²) in [6.45, 7) is 4.18. The van der Waals surface area contributed by atoms with Gasteiger partial charge in [-0.1, -0.05) is 33.1 Å². The Hall–Kier alpha value is -0.570. The van der Waals surface area contributed by atoms with E-state index in [4.69, 9.17) is 5.84 Å². The largest absolute Gasteiger partial charge is 0.294 e. The summed E-state index contributed by atoms with van der Waals surface area (Å²) in [6.07, 6.45) is 5.37. The number of nitrogens with one attached hydrogen (secondary N) is 1. The second-order valence-electron chi connectivity index (χ2n) is 3.11. The SMILES string of the molecule is CCCCCC(CC)C(=O)NN. The van der Waals surface area contributed by atoms with Gasteiger partial charge in [-0.15, -0.1) is 0 Å². The highest BCUT2D eigenvalue weighted by Crippen LogP contribution is 2.12.